The number of benzene rings is 2. The van der Waals surface area contributed by atoms with Crippen LogP contribution < -0.4 is 16.4 Å². The quantitative estimate of drug-likeness (QED) is 0.111. The number of aromatic nitrogens is 4. The Labute approximate surface area is 324 Å². The third-order valence-corrected chi connectivity index (χ3v) is 10.6. The highest BCUT2D eigenvalue weighted by atomic mass is 16.5. The molecule has 7 N–H and O–H groups in total. The van der Waals surface area contributed by atoms with Crippen molar-refractivity contribution >= 4 is 29.9 Å². The van der Waals surface area contributed by atoms with Crippen LogP contribution in [-0.2, 0) is 14.3 Å². The van der Waals surface area contributed by atoms with Crippen molar-refractivity contribution in [2.45, 2.75) is 77.5 Å². The maximum Gasteiger partial charge on any atom is 0.407 e. The molecule has 0 unspecified atom stereocenters. The highest BCUT2D eigenvalue weighted by Gasteiger charge is 2.39. The van der Waals surface area contributed by atoms with E-state index in [1.54, 1.807) is 28.3 Å². The number of nitrogens with two attached hydrogens (primary N) is 1. The molecule has 0 aliphatic carbocycles. The first-order valence-corrected chi connectivity index (χ1v) is 18.9. The van der Waals surface area contributed by atoms with Gasteiger partial charge in [-0.15, -0.1) is 0 Å². The SMILES string of the molecule is COC(=O)N[C@H](C(=O)N1CCC[C@H]1c1ncc(-c2ccc(-c3ccc(-c4cnc([C@@H]5CCCN5C(=O)[C@@H](NC(=O)O)C(C)C)[nH]4)cc3)c(C(N)=O)c2)[nH]1)C(C)C. The largest absolute Gasteiger partial charge is 0.465 e. The maximum absolute atomic E-state index is 13.6. The van der Waals surface area contributed by atoms with Crippen LogP contribution in [0.5, 0.6) is 0 Å². The number of likely N-dealkylation sites (tertiary alicyclic amines) is 2. The molecule has 0 saturated carbocycles. The standard InChI is InChI=1S/C40H49N9O7/c1-21(2)32(46-39(53)54)37(51)48-16-6-8-30(48)35-42-19-28(44-35)24-12-10-23(11-13-24)26-15-14-25(18-27(26)34(41)50)29-20-43-36(45-29)31-9-7-17-49(31)38(52)33(22(3)4)47-40(55)56-5/h10-15,18-22,30-33,46H,6-9,16-17H2,1-5H3,(H2,41,50)(H,42,44)(H,43,45)(H,47,55)(H,53,54)/t30-,31-,32-,33-/m0/s1. The second-order valence-corrected chi connectivity index (χ2v) is 15.0. The number of hydrogen-bond donors (Lipinski definition) is 6. The van der Waals surface area contributed by atoms with Gasteiger partial charge >= 0.3 is 12.2 Å². The lowest BCUT2D eigenvalue weighted by Gasteiger charge is -2.30. The number of carbonyl (C=O) groups is 5. The number of nitrogens with one attached hydrogen (secondary N) is 4. The summed E-state index contributed by atoms with van der Waals surface area (Å²) >= 11 is 0. The smallest absolute Gasteiger partial charge is 0.407 e. The minimum absolute atomic E-state index is 0.156. The number of rotatable bonds is 12. The van der Waals surface area contributed by atoms with Gasteiger partial charge in [-0.25, -0.2) is 19.6 Å². The molecule has 4 aromatic rings. The van der Waals surface area contributed by atoms with Crippen LogP contribution in [-0.4, -0.2) is 97.0 Å². The minimum atomic E-state index is -1.24. The summed E-state index contributed by atoms with van der Waals surface area (Å²) in [5.74, 6) is -0.205. The average molecular weight is 768 g/mol. The van der Waals surface area contributed by atoms with Gasteiger partial charge in [0.1, 0.15) is 23.7 Å². The molecule has 2 aromatic carbocycles. The zero-order valence-electron chi connectivity index (χ0n) is 32.2. The Kier molecular flexibility index (Phi) is 11.8. The Hall–Kier alpha value is -6.19. The molecule has 4 heterocycles. The predicted molar refractivity (Wildman–Crippen MR) is 207 cm³/mol. The number of methoxy groups -OCH3 is 1. The van der Waals surface area contributed by atoms with Crippen molar-refractivity contribution in [2.24, 2.45) is 17.6 Å². The molecule has 16 nitrogen and oxygen atoms in total. The summed E-state index contributed by atoms with van der Waals surface area (Å²) in [6.45, 7) is 8.38. The van der Waals surface area contributed by atoms with Crippen molar-refractivity contribution in [1.29, 1.82) is 0 Å². The van der Waals surface area contributed by atoms with E-state index in [4.69, 9.17) is 10.5 Å². The Morgan fingerprint density at radius 2 is 1.25 bits per heavy atom. The average Bonchev–Trinajstić information content (AvgIpc) is 4.01. The third kappa shape index (κ3) is 8.23. The summed E-state index contributed by atoms with van der Waals surface area (Å²) in [4.78, 5) is 82.4. The number of amides is 5. The van der Waals surface area contributed by atoms with E-state index in [0.717, 1.165) is 29.7 Å². The van der Waals surface area contributed by atoms with Gasteiger partial charge in [-0.3, -0.25) is 14.4 Å². The maximum atomic E-state index is 13.6. The van der Waals surface area contributed by atoms with Gasteiger partial charge in [-0.1, -0.05) is 64.1 Å². The first kappa shape index (κ1) is 39.5. The molecule has 2 fully saturated rings. The van der Waals surface area contributed by atoms with Crippen LogP contribution in [0.25, 0.3) is 33.6 Å². The number of H-pyrrole nitrogens is 2. The number of carboxylic acid groups (broad SMARTS) is 1. The summed E-state index contributed by atoms with van der Waals surface area (Å²) in [6, 6.07) is 10.8. The lowest BCUT2D eigenvalue weighted by atomic mass is 9.95. The van der Waals surface area contributed by atoms with Gasteiger partial charge in [0.15, 0.2) is 0 Å². The summed E-state index contributed by atoms with van der Waals surface area (Å²) in [7, 11) is 1.26. The molecule has 0 bridgehead atoms. The van der Waals surface area contributed by atoms with Crippen LogP contribution in [0.4, 0.5) is 9.59 Å². The number of primary amides is 1. The van der Waals surface area contributed by atoms with Crippen molar-refractivity contribution in [3.8, 4) is 33.6 Å². The van der Waals surface area contributed by atoms with Crippen LogP contribution >= 0.6 is 0 Å². The molecule has 2 aliphatic rings. The number of nitrogens with zero attached hydrogens (tertiary/aromatic N) is 4. The van der Waals surface area contributed by atoms with E-state index in [9.17, 15) is 29.1 Å². The molecular weight excluding hydrogens is 718 g/mol. The van der Waals surface area contributed by atoms with Crippen molar-refractivity contribution < 1.29 is 33.8 Å². The minimum Gasteiger partial charge on any atom is -0.465 e. The van der Waals surface area contributed by atoms with Gasteiger partial charge in [-0.05, 0) is 60.3 Å². The van der Waals surface area contributed by atoms with Crippen molar-refractivity contribution in [3.05, 3.63) is 72.1 Å². The molecule has 0 spiro atoms. The molecule has 6 rings (SSSR count). The molecular formula is C40H49N9O7. The van der Waals surface area contributed by atoms with Gasteiger partial charge in [0.05, 0.1) is 43.0 Å². The second kappa shape index (κ2) is 16.7. The summed E-state index contributed by atoms with van der Waals surface area (Å²) < 4.78 is 4.74. The monoisotopic (exact) mass is 767 g/mol. The van der Waals surface area contributed by atoms with E-state index >= 15 is 0 Å². The highest BCUT2D eigenvalue weighted by Crippen LogP contribution is 2.36. The van der Waals surface area contributed by atoms with E-state index < -0.39 is 30.2 Å². The Balaban J connectivity index is 1.18. The highest BCUT2D eigenvalue weighted by molar-refractivity contribution is 6.01. The molecule has 296 valence electrons. The first-order chi connectivity index (χ1) is 26.8. The Morgan fingerprint density at radius 1 is 0.768 bits per heavy atom. The van der Waals surface area contributed by atoms with Crippen molar-refractivity contribution in [3.63, 3.8) is 0 Å². The van der Waals surface area contributed by atoms with Crippen molar-refractivity contribution in [2.75, 3.05) is 20.2 Å². The molecule has 2 aliphatic heterocycles. The molecule has 16 heteroatoms. The molecule has 56 heavy (non-hydrogen) atoms. The van der Waals surface area contributed by atoms with E-state index in [0.29, 0.717) is 60.0 Å². The van der Waals surface area contributed by atoms with Crippen LogP contribution in [0.2, 0.25) is 0 Å². The zero-order chi connectivity index (χ0) is 40.3. The van der Waals surface area contributed by atoms with E-state index in [1.807, 2.05) is 64.1 Å². The number of aromatic amines is 2. The fourth-order valence-corrected chi connectivity index (χ4v) is 7.63. The van der Waals surface area contributed by atoms with Crippen LogP contribution in [0, 0.1) is 11.8 Å². The zero-order valence-corrected chi connectivity index (χ0v) is 32.2. The molecule has 5 amide bonds. The number of carbonyl (C=O) groups excluding carboxylic acids is 4. The van der Waals surface area contributed by atoms with E-state index in [1.165, 1.54) is 7.11 Å². The summed E-state index contributed by atoms with van der Waals surface area (Å²) in [5.41, 5.74) is 10.6. The van der Waals surface area contributed by atoms with Gasteiger partial charge in [0.2, 0.25) is 17.7 Å². The first-order valence-electron chi connectivity index (χ1n) is 18.9. The Bertz CT molecular complexity index is 2090. The molecule has 2 saturated heterocycles. The normalized spacial score (nSPS) is 17.9. The van der Waals surface area contributed by atoms with E-state index in [-0.39, 0.29) is 35.7 Å². The van der Waals surface area contributed by atoms with Gasteiger partial charge in [-0.2, -0.15) is 0 Å². The topological polar surface area (TPSA) is 229 Å². The van der Waals surface area contributed by atoms with Crippen molar-refractivity contribution in [1.82, 2.24) is 40.4 Å². The van der Waals surface area contributed by atoms with Crippen LogP contribution in [0.15, 0.2) is 54.9 Å². The second-order valence-electron chi connectivity index (χ2n) is 15.0. The molecule has 0 radical (unpaired) electrons. The Morgan fingerprint density at radius 3 is 1.73 bits per heavy atom. The number of imidazole rings is 2. The van der Waals surface area contributed by atoms with E-state index in [2.05, 4.69) is 30.6 Å². The predicted octanol–water partition coefficient (Wildman–Crippen LogP) is 5.23. The van der Waals surface area contributed by atoms with Crippen LogP contribution in [0.1, 0.15) is 87.5 Å². The van der Waals surface area contributed by atoms with Gasteiger partial charge in [0, 0.05) is 24.2 Å². The lowest BCUT2D eigenvalue weighted by molar-refractivity contribution is -0.136. The number of hydrogen-bond acceptors (Lipinski definition) is 8. The lowest BCUT2D eigenvalue weighted by Crippen LogP contribution is -2.51. The van der Waals surface area contributed by atoms with Gasteiger partial charge in [0.25, 0.3) is 0 Å². The van der Waals surface area contributed by atoms with Crippen LogP contribution in [0.3, 0.4) is 0 Å². The molecule has 2 aromatic heterocycles. The fourth-order valence-electron chi connectivity index (χ4n) is 7.63. The summed E-state index contributed by atoms with van der Waals surface area (Å²) in [6.07, 6.45) is 4.45. The number of ether oxygens (including phenoxy) is 1. The summed E-state index contributed by atoms with van der Waals surface area (Å²) in [5, 5.41) is 14.3. The third-order valence-electron chi connectivity index (χ3n) is 10.6. The van der Waals surface area contributed by atoms with Gasteiger partial charge < -0.3 is 46.0 Å². The molecule has 4 atom stereocenters. The number of alkyl carbamates (subject to hydrolysis) is 1. The fraction of sp³-hybridized carbons (Fsp3) is 0.425.